The molecule has 0 aromatic heterocycles. The summed E-state index contributed by atoms with van der Waals surface area (Å²) in [6.45, 7) is 8.10. The number of carbonyl (C=O) groups is 6. The third-order valence-electron chi connectivity index (χ3n) is 5.69. The van der Waals surface area contributed by atoms with Crippen LogP contribution in [0.15, 0.2) is 0 Å². The topological polar surface area (TPSA) is 161 Å². The highest BCUT2D eigenvalue weighted by atomic mass is 16.7. The van der Waals surface area contributed by atoms with Crippen molar-refractivity contribution in [2.24, 2.45) is 0 Å². The Kier molecular flexibility index (Phi) is 16.0. The first-order valence-electron chi connectivity index (χ1n) is 13.7. The van der Waals surface area contributed by atoms with Crippen molar-refractivity contribution in [1.29, 1.82) is 0 Å². The van der Waals surface area contributed by atoms with Crippen LogP contribution in [0.5, 0.6) is 0 Å². The molecule has 1 N–H and O–H groups in total. The van der Waals surface area contributed by atoms with Gasteiger partial charge in [-0.05, 0) is 32.6 Å². The fourth-order valence-corrected chi connectivity index (χ4v) is 3.80. The fourth-order valence-electron chi connectivity index (χ4n) is 3.80. The molecular formula is C27H43NO11. The molecule has 1 amide bonds. The first-order chi connectivity index (χ1) is 18.6. The monoisotopic (exact) mass is 557 g/mol. The minimum Gasteiger partial charge on any atom is -0.463 e. The zero-order valence-corrected chi connectivity index (χ0v) is 23.7. The third-order valence-corrected chi connectivity index (χ3v) is 5.69. The van der Waals surface area contributed by atoms with Gasteiger partial charge in [0.15, 0.2) is 12.2 Å². The van der Waals surface area contributed by atoms with Crippen molar-refractivity contribution in [3.63, 3.8) is 0 Å². The van der Waals surface area contributed by atoms with Gasteiger partial charge in [0, 0.05) is 38.5 Å². The van der Waals surface area contributed by atoms with Crippen LogP contribution in [0.4, 0.5) is 0 Å². The largest absolute Gasteiger partial charge is 0.463 e. The van der Waals surface area contributed by atoms with Crippen molar-refractivity contribution in [3.8, 4) is 0 Å². The van der Waals surface area contributed by atoms with E-state index in [4.69, 9.17) is 23.7 Å². The molecule has 2 unspecified atom stereocenters. The molecule has 1 aliphatic heterocycles. The average Bonchev–Trinajstić information content (AvgIpc) is 2.85. The number of carbonyl (C=O) groups excluding carboxylic acids is 6. The summed E-state index contributed by atoms with van der Waals surface area (Å²) in [5.74, 6) is -3.19. The third kappa shape index (κ3) is 12.6. The van der Waals surface area contributed by atoms with Crippen molar-refractivity contribution in [3.05, 3.63) is 0 Å². The molecule has 0 aromatic rings. The molecule has 1 aliphatic rings. The Morgan fingerprint density at radius 2 is 1.13 bits per heavy atom. The maximum atomic E-state index is 12.8. The first kappa shape index (κ1) is 34.0. The lowest BCUT2D eigenvalue weighted by atomic mass is 9.95. The molecule has 0 saturated carbocycles. The van der Waals surface area contributed by atoms with Gasteiger partial charge in [0.05, 0.1) is 0 Å². The van der Waals surface area contributed by atoms with E-state index in [0.29, 0.717) is 25.7 Å². The molecule has 12 heteroatoms. The second-order valence-electron chi connectivity index (χ2n) is 9.42. The Morgan fingerprint density at radius 3 is 1.64 bits per heavy atom. The van der Waals surface area contributed by atoms with E-state index in [-0.39, 0.29) is 50.9 Å². The lowest BCUT2D eigenvalue weighted by molar-refractivity contribution is -0.272. The summed E-state index contributed by atoms with van der Waals surface area (Å²) < 4.78 is 28.2. The van der Waals surface area contributed by atoms with Crippen LogP contribution in [0.3, 0.4) is 0 Å². The standard InChI is InChI=1S/C27H43NO11/c1-6-10-20(31)35-16-18-25(37-21(32)11-7-2)26(38-22(33)12-8-3)24(28-19(30)15-14-17(5)29)27(36-18)39-23(34)13-9-4/h18,24-27H,6-16H2,1-5H3,(H,28,30)/t18?,24-,25-,26?,27+/m1/s1. The van der Waals surface area contributed by atoms with Gasteiger partial charge in [0.1, 0.15) is 24.5 Å². The zero-order chi connectivity index (χ0) is 29.4. The van der Waals surface area contributed by atoms with Crippen molar-refractivity contribution < 1.29 is 52.5 Å². The number of amides is 1. The van der Waals surface area contributed by atoms with E-state index in [1.807, 2.05) is 0 Å². The van der Waals surface area contributed by atoms with Crippen LogP contribution in [0.1, 0.15) is 98.8 Å². The Labute approximate surface area is 229 Å². The van der Waals surface area contributed by atoms with Crippen LogP contribution in [0.25, 0.3) is 0 Å². The van der Waals surface area contributed by atoms with E-state index in [0.717, 1.165) is 0 Å². The van der Waals surface area contributed by atoms with Gasteiger partial charge in [-0.1, -0.05) is 27.7 Å². The van der Waals surface area contributed by atoms with Crippen molar-refractivity contribution in [2.45, 2.75) is 129 Å². The molecule has 1 fully saturated rings. The average molecular weight is 558 g/mol. The lowest BCUT2D eigenvalue weighted by Gasteiger charge is -2.44. The molecule has 1 rings (SSSR count). The van der Waals surface area contributed by atoms with Gasteiger partial charge >= 0.3 is 23.9 Å². The van der Waals surface area contributed by atoms with Crippen LogP contribution in [-0.2, 0) is 52.5 Å². The maximum absolute atomic E-state index is 12.8. The van der Waals surface area contributed by atoms with Gasteiger partial charge < -0.3 is 33.8 Å². The number of nitrogens with one attached hydrogen (secondary N) is 1. The molecular weight excluding hydrogens is 514 g/mol. The summed E-state index contributed by atoms with van der Waals surface area (Å²) in [6, 6.07) is -1.27. The molecule has 222 valence electrons. The van der Waals surface area contributed by atoms with Crippen molar-refractivity contribution >= 4 is 35.6 Å². The molecule has 1 saturated heterocycles. The Morgan fingerprint density at radius 1 is 0.641 bits per heavy atom. The highest BCUT2D eigenvalue weighted by Crippen LogP contribution is 2.29. The van der Waals surface area contributed by atoms with Crippen LogP contribution >= 0.6 is 0 Å². The molecule has 1 heterocycles. The normalized spacial score (nSPS) is 22.3. The molecule has 39 heavy (non-hydrogen) atoms. The maximum Gasteiger partial charge on any atom is 0.308 e. The summed E-state index contributed by atoms with van der Waals surface area (Å²) in [5, 5.41) is 2.64. The van der Waals surface area contributed by atoms with Gasteiger partial charge in [-0.2, -0.15) is 0 Å². The van der Waals surface area contributed by atoms with E-state index >= 15 is 0 Å². The molecule has 0 aliphatic carbocycles. The summed E-state index contributed by atoms with van der Waals surface area (Å²) in [5.41, 5.74) is 0. The van der Waals surface area contributed by atoms with Gasteiger partial charge in [-0.15, -0.1) is 0 Å². The minimum atomic E-state index is -1.46. The van der Waals surface area contributed by atoms with E-state index in [2.05, 4.69) is 5.32 Å². The molecule has 0 aromatic carbocycles. The van der Waals surface area contributed by atoms with Crippen LogP contribution in [-0.4, -0.2) is 72.8 Å². The SMILES string of the molecule is CCCC(=O)OCC1O[C@@H](OC(=O)CCC)[C@H](NC(=O)CCC(C)=O)C(OC(=O)CCC)[C@@H]1OC(=O)CCC. The van der Waals surface area contributed by atoms with E-state index in [9.17, 15) is 28.8 Å². The predicted octanol–water partition coefficient (Wildman–Crippen LogP) is 2.68. The van der Waals surface area contributed by atoms with E-state index < -0.39 is 60.4 Å². The van der Waals surface area contributed by atoms with Crippen LogP contribution < -0.4 is 5.32 Å². The molecule has 0 radical (unpaired) electrons. The first-order valence-corrected chi connectivity index (χ1v) is 13.7. The molecule has 0 bridgehead atoms. The van der Waals surface area contributed by atoms with Gasteiger partial charge in [-0.3, -0.25) is 24.0 Å². The Bertz CT molecular complexity index is 844. The second-order valence-corrected chi connectivity index (χ2v) is 9.42. The van der Waals surface area contributed by atoms with Crippen LogP contribution in [0, 0.1) is 0 Å². The number of esters is 4. The molecule has 5 atom stereocenters. The molecule has 0 spiro atoms. The number of hydrogen-bond donors (Lipinski definition) is 1. The van der Waals surface area contributed by atoms with Crippen molar-refractivity contribution in [2.75, 3.05) is 6.61 Å². The summed E-state index contributed by atoms with van der Waals surface area (Å²) in [6.07, 6.45) is -3.22. The minimum absolute atomic E-state index is 0.0361. The number of hydrogen-bond acceptors (Lipinski definition) is 11. The Balaban J connectivity index is 3.48. The summed E-state index contributed by atoms with van der Waals surface area (Å²) in [7, 11) is 0. The number of rotatable bonds is 17. The van der Waals surface area contributed by atoms with Gasteiger partial charge in [-0.25, -0.2) is 0 Å². The van der Waals surface area contributed by atoms with Gasteiger partial charge in [0.2, 0.25) is 12.2 Å². The highest BCUT2D eigenvalue weighted by molar-refractivity contribution is 5.83. The molecule has 12 nitrogen and oxygen atoms in total. The zero-order valence-electron chi connectivity index (χ0n) is 23.7. The second kappa shape index (κ2) is 18.3. The lowest BCUT2D eigenvalue weighted by Crippen LogP contribution is -2.67. The predicted molar refractivity (Wildman–Crippen MR) is 137 cm³/mol. The van der Waals surface area contributed by atoms with Gasteiger partial charge in [0.25, 0.3) is 0 Å². The van der Waals surface area contributed by atoms with E-state index in [1.165, 1.54) is 6.92 Å². The summed E-state index contributed by atoms with van der Waals surface area (Å²) >= 11 is 0. The van der Waals surface area contributed by atoms with Crippen LogP contribution in [0.2, 0.25) is 0 Å². The van der Waals surface area contributed by atoms with E-state index in [1.54, 1.807) is 27.7 Å². The number of Topliss-reactive ketones (excluding diaryl/α,β-unsaturated/α-hetero) is 1. The summed E-state index contributed by atoms with van der Waals surface area (Å²) in [4.78, 5) is 73.9. The van der Waals surface area contributed by atoms with Crippen molar-refractivity contribution in [1.82, 2.24) is 5.32 Å². The quantitative estimate of drug-likeness (QED) is 0.207. The number of ketones is 1. The highest BCUT2D eigenvalue weighted by Gasteiger charge is 2.52. The smallest absolute Gasteiger partial charge is 0.308 e. The fraction of sp³-hybridized carbons (Fsp3) is 0.778. The number of ether oxygens (including phenoxy) is 5. The Hall–Kier alpha value is -3.02.